The lowest BCUT2D eigenvalue weighted by Gasteiger charge is -2.33. The molecule has 3 rings (SSSR count). The van der Waals surface area contributed by atoms with Crippen LogP contribution in [0.4, 0.5) is 0 Å². The van der Waals surface area contributed by atoms with Crippen molar-refractivity contribution in [3.8, 4) is 0 Å². The van der Waals surface area contributed by atoms with Crippen molar-refractivity contribution in [2.45, 2.75) is 37.8 Å². The molecule has 1 atom stereocenters. The summed E-state index contributed by atoms with van der Waals surface area (Å²) in [6, 6.07) is 0. The van der Waals surface area contributed by atoms with Crippen molar-refractivity contribution in [1.82, 2.24) is 19.8 Å². The molecule has 1 aromatic rings. The van der Waals surface area contributed by atoms with Gasteiger partial charge in [-0.1, -0.05) is 6.42 Å². The van der Waals surface area contributed by atoms with Gasteiger partial charge in [0.15, 0.2) is 0 Å². The lowest BCUT2D eigenvalue weighted by Crippen LogP contribution is -2.46. The number of likely N-dealkylation sites (tertiary alicyclic amines) is 2. The lowest BCUT2D eigenvalue weighted by molar-refractivity contribution is 0.00628. The normalized spacial score (nSPS) is 29.9. The van der Waals surface area contributed by atoms with E-state index in [1.807, 2.05) is 6.20 Å². The van der Waals surface area contributed by atoms with E-state index in [1.165, 1.54) is 19.3 Å². The molecular formula is C14H24N4O. The van der Waals surface area contributed by atoms with Crippen LogP contribution in [0.1, 0.15) is 31.4 Å². The van der Waals surface area contributed by atoms with E-state index in [9.17, 15) is 5.11 Å². The van der Waals surface area contributed by atoms with E-state index < -0.39 is 5.60 Å². The Balaban J connectivity index is 1.51. The zero-order chi connectivity index (χ0) is 13.1. The highest BCUT2D eigenvalue weighted by Crippen LogP contribution is 2.25. The largest absolute Gasteiger partial charge is 0.387 e. The van der Waals surface area contributed by atoms with Crippen molar-refractivity contribution in [3.05, 3.63) is 18.2 Å². The first-order valence-electron chi connectivity index (χ1n) is 7.38. The molecule has 0 aliphatic carbocycles. The maximum atomic E-state index is 10.7. The summed E-state index contributed by atoms with van der Waals surface area (Å²) in [4.78, 5) is 11.9. The van der Waals surface area contributed by atoms with Crippen molar-refractivity contribution >= 4 is 0 Å². The van der Waals surface area contributed by atoms with Crippen LogP contribution in [0, 0.1) is 0 Å². The van der Waals surface area contributed by atoms with Crippen molar-refractivity contribution in [1.29, 1.82) is 0 Å². The summed E-state index contributed by atoms with van der Waals surface area (Å²) in [5.41, 5.74) is 0.611. The topological polar surface area (TPSA) is 55.4 Å². The molecule has 0 unspecified atom stereocenters. The number of hydrogen-bond donors (Lipinski definition) is 2. The van der Waals surface area contributed by atoms with E-state index in [1.54, 1.807) is 6.33 Å². The highest BCUT2D eigenvalue weighted by molar-refractivity contribution is 4.99. The van der Waals surface area contributed by atoms with Gasteiger partial charge in [0, 0.05) is 38.1 Å². The maximum Gasteiger partial charge on any atom is 0.0922 e. The van der Waals surface area contributed by atoms with E-state index in [0.717, 1.165) is 51.4 Å². The van der Waals surface area contributed by atoms with Gasteiger partial charge in [0.25, 0.3) is 0 Å². The average Bonchev–Trinajstić information content (AvgIpc) is 3.02. The van der Waals surface area contributed by atoms with Crippen molar-refractivity contribution in [2.24, 2.45) is 0 Å². The predicted octanol–water partition coefficient (Wildman–Crippen LogP) is 0.832. The molecule has 2 saturated heterocycles. The Hall–Kier alpha value is -0.910. The average molecular weight is 264 g/mol. The Morgan fingerprint density at radius 3 is 2.79 bits per heavy atom. The van der Waals surface area contributed by atoms with Gasteiger partial charge < -0.3 is 15.0 Å². The van der Waals surface area contributed by atoms with Gasteiger partial charge >= 0.3 is 0 Å². The van der Waals surface area contributed by atoms with Gasteiger partial charge in [-0.3, -0.25) is 4.90 Å². The molecule has 3 heterocycles. The maximum absolute atomic E-state index is 10.7. The first-order valence-corrected chi connectivity index (χ1v) is 7.38. The molecule has 2 N–H and O–H groups in total. The van der Waals surface area contributed by atoms with E-state index in [0.29, 0.717) is 0 Å². The number of H-pyrrole nitrogens is 1. The van der Waals surface area contributed by atoms with Crippen molar-refractivity contribution < 1.29 is 5.11 Å². The summed E-state index contributed by atoms with van der Waals surface area (Å²) in [5.74, 6) is 0. The zero-order valence-electron chi connectivity index (χ0n) is 11.5. The Morgan fingerprint density at radius 1 is 1.21 bits per heavy atom. The highest BCUT2D eigenvalue weighted by atomic mass is 16.3. The molecule has 0 spiro atoms. The molecule has 0 saturated carbocycles. The van der Waals surface area contributed by atoms with Crippen LogP contribution in [0.5, 0.6) is 0 Å². The second-order valence-corrected chi connectivity index (χ2v) is 6.10. The summed E-state index contributed by atoms with van der Waals surface area (Å²) in [6.07, 6.45) is 8.38. The Morgan fingerprint density at radius 2 is 2.05 bits per heavy atom. The zero-order valence-corrected chi connectivity index (χ0v) is 11.5. The summed E-state index contributed by atoms with van der Waals surface area (Å²) in [5, 5.41) is 10.7. The highest BCUT2D eigenvalue weighted by Gasteiger charge is 2.37. The first kappa shape index (κ1) is 13.1. The lowest BCUT2D eigenvalue weighted by atomic mass is 10.0. The molecule has 19 heavy (non-hydrogen) atoms. The molecule has 2 aliphatic rings. The molecule has 0 aromatic carbocycles. The Bertz CT molecular complexity index is 388. The molecule has 2 fully saturated rings. The monoisotopic (exact) mass is 264 g/mol. The van der Waals surface area contributed by atoms with Gasteiger partial charge in [0.1, 0.15) is 0 Å². The molecule has 0 amide bonds. The minimum Gasteiger partial charge on any atom is -0.387 e. The minimum absolute atomic E-state index is 0.517. The first-order chi connectivity index (χ1) is 9.23. The van der Waals surface area contributed by atoms with Gasteiger partial charge in [0.2, 0.25) is 0 Å². The van der Waals surface area contributed by atoms with Crippen LogP contribution >= 0.6 is 0 Å². The molecule has 5 heteroatoms. The third kappa shape index (κ3) is 3.35. The number of aromatic amines is 1. The van der Waals surface area contributed by atoms with E-state index in [4.69, 9.17) is 0 Å². The van der Waals surface area contributed by atoms with Crippen LogP contribution in [-0.4, -0.2) is 63.2 Å². The minimum atomic E-state index is -0.517. The number of aliphatic hydroxyl groups is 1. The fraction of sp³-hybridized carbons (Fsp3) is 0.786. The quantitative estimate of drug-likeness (QED) is 0.846. The van der Waals surface area contributed by atoms with Crippen molar-refractivity contribution in [3.63, 3.8) is 0 Å². The van der Waals surface area contributed by atoms with Crippen LogP contribution in [0.3, 0.4) is 0 Å². The number of rotatable bonds is 4. The van der Waals surface area contributed by atoms with Crippen LogP contribution in [-0.2, 0) is 6.54 Å². The van der Waals surface area contributed by atoms with Gasteiger partial charge in [-0.25, -0.2) is 4.98 Å². The smallest absolute Gasteiger partial charge is 0.0922 e. The Kier molecular flexibility index (Phi) is 3.86. The number of hydrogen-bond acceptors (Lipinski definition) is 4. The van der Waals surface area contributed by atoms with E-state index in [2.05, 4.69) is 19.8 Å². The summed E-state index contributed by atoms with van der Waals surface area (Å²) in [7, 11) is 0. The summed E-state index contributed by atoms with van der Waals surface area (Å²) < 4.78 is 0. The molecule has 0 radical (unpaired) electrons. The van der Waals surface area contributed by atoms with E-state index >= 15 is 0 Å². The fourth-order valence-electron chi connectivity index (χ4n) is 3.35. The molecule has 0 bridgehead atoms. The van der Waals surface area contributed by atoms with Crippen molar-refractivity contribution in [2.75, 3.05) is 32.7 Å². The number of imidazole rings is 1. The van der Waals surface area contributed by atoms with Crippen LogP contribution in [0.25, 0.3) is 0 Å². The Labute approximate surface area is 114 Å². The summed E-state index contributed by atoms with van der Waals surface area (Å²) in [6.45, 7) is 5.77. The summed E-state index contributed by atoms with van der Waals surface area (Å²) >= 11 is 0. The molecule has 5 nitrogen and oxygen atoms in total. The third-order valence-electron chi connectivity index (χ3n) is 4.33. The molecule has 2 aliphatic heterocycles. The van der Waals surface area contributed by atoms with E-state index in [-0.39, 0.29) is 0 Å². The third-order valence-corrected chi connectivity index (χ3v) is 4.33. The second kappa shape index (κ2) is 5.61. The standard InChI is InChI=1S/C14H24N4O/c19-14(10-17-5-2-1-3-6-17)4-7-18(11-14)9-13-8-15-12-16-13/h8,12,19H,1-7,9-11H2,(H,15,16)/t14-/m0/s1. The number of nitrogens with one attached hydrogen (secondary N) is 1. The molecule has 106 valence electrons. The molecular weight excluding hydrogens is 240 g/mol. The van der Waals surface area contributed by atoms with Gasteiger partial charge in [0.05, 0.1) is 11.9 Å². The van der Waals surface area contributed by atoms with Gasteiger partial charge in [-0.2, -0.15) is 0 Å². The second-order valence-electron chi connectivity index (χ2n) is 6.10. The molecule has 1 aromatic heterocycles. The van der Waals surface area contributed by atoms with Gasteiger partial charge in [-0.05, 0) is 32.4 Å². The fourth-order valence-corrected chi connectivity index (χ4v) is 3.35. The van der Waals surface area contributed by atoms with Crippen LogP contribution in [0.2, 0.25) is 0 Å². The van der Waals surface area contributed by atoms with Crippen LogP contribution < -0.4 is 0 Å². The number of aromatic nitrogens is 2. The number of β-amino-alcohol motifs (C(OH)–C–C–N with tert-alkyl or cyclic N) is 1. The van der Waals surface area contributed by atoms with Crippen LogP contribution in [0.15, 0.2) is 12.5 Å². The predicted molar refractivity (Wildman–Crippen MR) is 73.7 cm³/mol. The SMILES string of the molecule is O[C@]1(CN2CCCCC2)CCN(Cc2cnc[nH]2)C1. The number of piperidine rings is 1. The van der Waals surface area contributed by atoms with Gasteiger partial charge in [-0.15, -0.1) is 0 Å². The number of nitrogens with zero attached hydrogens (tertiary/aromatic N) is 3.